The fourth-order valence-electron chi connectivity index (χ4n) is 4.01. The Morgan fingerprint density at radius 3 is 2.76 bits per heavy atom. The molecule has 1 N–H and O–H groups in total. The van der Waals surface area contributed by atoms with Crippen LogP contribution < -0.4 is 5.32 Å². The molecule has 1 fully saturated rings. The molecular weight excluding hydrogens is 438 g/mol. The Hall–Kier alpha value is -4.11. The van der Waals surface area contributed by atoms with E-state index in [1.165, 1.54) is 12.1 Å². The maximum Gasteiger partial charge on any atom is 0.270 e. The first-order valence-corrected chi connectivity index (χ1v) is 10.7. The predicted octanol–water partition coefficient (Wildman–Crippen LogP) is 4.82. The van der Waals surface area contributed by atoms with Gasteiger partial charge in [0.05, 0.1) is 16.7 Å². The van der Waals surface area contributed by atoms with E-state index in [0.29, 0.717) is 28.7 Å². The van der Waals surface area contributed by atoms with Crippen molar-refractivity contribution in [3.05, 3.63) is 112 Å². The van der Waals surface area contributed by atoms with Gasteiger partial charge in [-0.25, -0.2) is 0 Å². The molecule has 0 radical (unpaired) electrons. The lowest BCUT2D eigenvalue weighted by Crippen LogP contribution is -2.29. The van der Waals surface area contributed by atoms with E-state index in [-0.39, 0.29) is 17.8 Å². The molecule has 1 aromatic carbocycles. The van der Waals surface area contributed by atoms with Gasteiger partial charge in [-0.05, 0) is 48.1 Å². The van der Waals surface area contributed by atoms with E-state index >= 15 is 0 Å². The number of non-ortho nitro benzene ring substituents is 1. The second kappa shape index (κ2) is 8.79. The molecule has 0 spiro atoms. The zero-order valence-corrected chi connectivity index (χ0v) is 18.2. The van der Waals surface area contributed by atoms with E-state index in [4.69, 9.17) is 16.6 Å². The largest absolute Gasteiger partial charge is 0.459 e. The summed E-state index contributed by atoms with van der Waals surface area (Å²) in [5.74, 6) is 1.23. The van der Waals surface area contributed by atoms with Crippen LogP contribution in [0.1, 0.15) is 29.1 Å². The molecule has 0 unspecified atom stereocenters. The number of furan rings is 1. The van der Waals surface area contributed by atoms with Crippen molar-refractivity contribution in [1.82, 2.24) is 20.2 Å². The van der Waals surface area contributed by atoms with Crippen LogP contribution in [0.5, 0.6) is 0 Å². The summed E-state index contributed by atoms with van der Waals surface area (Å²) >= 11 is 5.69. The smallest absolute Gasteiger partial charge is 0.270 e. The van der Waals surface area contributed by atoms with Gasteiger partial charge in [0.25, 0.3) is 5.69 Å². The Balaban J connectivity index is 1.53. The highest BCUT2D eigenvalue weighted by Crippen LogP contribution is 2.41. The van der Waals surface area contributed by atoms with Gasteiger partial charge in [0.15, 0.2) is 5.11 Å². The van der Waals surface area contributed by atoms with Crippen molar-refractivity contribution in [2.75, 3.05) is 0 Å². The van der Waals surface area contributed by atoms with Crippen molar-refractivity contribution in [1.29, 1.82) is 0 Å². The van der Waals surface area contributed by atoms with Gasteiger partial charge in [0, 0.05) is 42.8 Å². The summed E-state index contributed by atoms with van der Waals surface area (Å²) in [7, 11) is 0. The van der Waals surface area contributed by atoms with Gasteiger partial charge in [-0.15, -0.1) is 0 Å². The fourth-order valence-corrected chi connectivity index (χ4v) is 4.32. The lowest BCUT2D eigenvalue weighted by molar-refractivity contribution is -0.384. The minimum absolute atomic E-state index is 0.0127. The highest BCUT2D eigenvalue weighted by molar-refractivity contribution is 7.80. The lowest BCUT2D eigenvalue weighted by Gasteiger charge is -2.26. The summed E-state index contributed by atoms with van der Waals surface area (Å²) in [6.45, 7) is 0.542. The number of nitro benzene ring substituents is 1. The maximum absolute atomic E-state index is 11.2. The molecule has 2 atom stereocenters. The molecule has 0 saturated carbocycles. The third-order valence-corrected chi connectivity index (χ3v) is 5.89. The number of thiocarbonyl (C=S) groups is 1. The molecule has 3 aromatic heterocycles. The molecule has 8 nitrogen and oxygen atoms in total. The topological polar surface area (TPSA) is 97.3 Å². The molecule has 1 saturated heterocycles. The first-order valence-electron chi connectivity index (χ1n) is 10.3. The molecule has 5 rings (SSSR count). The van der Waals surface area contributed by atoms with Crippen LogP contribution in [0, 0.1) is 10.1 Å². The average molecular weight is 458 g/mol. The SMILES string of the molecule is O=[N+]([O-])c1cccc(-c2ccc([C@H]3[C@H](c4ccccn4)NC(=S)N3Cc3cccnc3)o2)c1. The van der Waals surface area contributed by atoms with E-state index in [2.05, 4.69) is 20.2 Å². The van der Waals surface area contributed by atoms with E-state index < -0.39 is 4.92 Å². The van der Waals surface area contributed by atoms with Crippen molar-refractivity contribution in [3.63, 3.8) is 0 Å². The van der Waals surface area contributed by atoms with Crippen molar-refractivity contribution in [3.8, 4) is 11.3 Å². The van der Waals surface area contributed by atoms with Crippen LogP contribution in [0.2, 0.25) is 0 Å². The van der Waals surface area contributed by atoms with E-state index in [9.17, 15) is 10.1 Å². The zero-order chi connectivity index (χ0) is 22.8. The number of benzene rings is 1. The predicted molar refractivity (Wildman–Crippen MR) is 126 cm³/mol. The normalized spacial score (nSPS) is 17.7. The number of nitro groups is 1. The van der Waals surface area contributed by atoms with Gasteiger partial charge >= 0.3 is 0 Å². The molecule has 1 aliphatic rings. The van der Waals surface area contributed by atoms with Crippen molar-refractivity contribution < 1.29 is 9.34 Å². The number of pyridine rings is 2. The average Bonchev–Trinajstić information content (AvgIpc) is 3.45. The summed E-state index contributed by atoms with van der Waals surface area (Å²) in [6.07, 6.45) is 5.29. The summed E-state index contributed by atoms with van der Waals surface area (Å²) in [4.78, 5) is 21.6. The molecule has 0 aliphatic carbocycles. The minimum atomic E-state index is -0.417. The van der Waals surface area contributed by atoms with Gasteiger partial charge in [0.1, 0.15) is 17.6 Å². The van der Waals surface area contributed by atoms with Gasteiger partial charge in [-0.3, -0.25) is 20.1 Å². The van der Waals surface area contributed by atoms with E-state index in [1.807, 2.05) is 48.7 Å². The highest BCUT2D eigenvalue weighted by Gasteiger charge is 2.41. The molecular formula is C24H19N5O3S. The van der Waals surface area contributed by atoms with Crippen LogP contribution in [0.3, 0.4) is 0 Å². The van der Waals surface area contributed by atoms with E-state index in [0.717, 1.165) is 11.3 Å². The van der Waals surface area contributed by atoms with Crippen LogP contribution in [0.15, 0.2) is 89.7 Å². The first-order chi connectivity index (χ1) is 16.1. The van der Waals surface area contributed by atoms with Crippen LogP contribution in [0.25, 0.3) is 11.3 Å². The van der Waals surface area contributed by atoms with Crippen LogP contribution in [0.4, 0.5) is 5.69 Å². The number of rotatable bonds is 6. The second-order valence-corrected chi connectivity index (χ2v) is 8.01. The zero-order valence-electron chi connectivity index (χ0n) is 17.4. The molecule has 0 bridgehead atoms. The third kappa shape index (κ3) is 4.18. The fraction of sp³-hybridized carbons (Fsp3) is 0.125. The van der Waals surface area contributed by atoms with Gasteiger partial charge in [0.2, 0.25) is 0 Å². The van der Waals surface area contributed by atoms with Crippen molar-refractivity contribution >= 4 is 23.0 Å². The third-order valence-electron chi connectivity index (χ3n) is 5.53. The van der Waals surface area contributed by atoms with Gasteiger partial charge < -0.3 is 14.6 Å². The first kappa shape index (κ1) is 20.8. The summed E-state index contributed by atoms with van der Waals surface area (Å²) in [6, 6.07) is 19.3. The monoisotopic (exact) mass is 457 g/mol. The lowest BCUT2D eigenvalue weighted by atomic mass is 10.0. The second-order valence-electron chi connectivity index (χ2n) is 7.63. The molecule has 1 aliphatic heterocycles. The van der Waals surface area contributed by atoms with Crippen LogP contribution in [-0.2, 0) is 6.54 Å². The summed E-state index contributed by atoms with van der Waals surface area (Å²) in [5, 5.41) is 15.2. The Kier molecular flexibility index (Phi) is 5.54. The van der Waals surface area contributed by atoms with Crippen molar-refractivity contribution in [2.45, 2.75) is 18.6 Å². The molecule has 4 heterocycles. The van der Waals surface area contributed by atoms with E-state index in [1.54, 1.807) is 24.5 Å². The number of nitrogens with one attached hydrogen (secondary N) is 1. The quantitative estimate of drug-likeness (QED) is 0.250. The molecule has 9 heteroatoms. The number of hydrogen-bond acceptors (Lipinski definition) is 6. The minimum Gasteiger partial charge on any atom is -0.459 e. The maximum atomic E-state index is 11.2. The Bertz CT molecular complexity index is 1300. The summed E-state index contributed by atoms with van der Waals surface area (Å²) < 4.78 is 6.25. The standard InChI is InChI=1S/C24H19N5O3S/c30-29(31)18-7-3-6-17(13-18)20-9-10-21(32-20)23-22(19-8-1-2-12-26-19)27-24(33)28(23)15-16-5-4-11-25-14-16/h1-14,22-23H,15H2,(H,27,33)/t22-,23-/m0/s1. The summed E-state index contributed by atoms with van der Waals surface area (Å²) in [5.41, 5.74) is 2.50. The molecule has 0 amide bonds. The van der Waals surface area contributed by atoms with Crippen LogP contribution in [-0.4, -0.2) is 24.9 Å². The number of nitrogens with zero attached hydrogens (tertiary/aromatic N) is 4. The molecule has 4 aromatic rings. The van der Waals surface area contributed by atoms with Gasteiger partial charge in [-0.1, -0.05) is 24.3 Å². The highest BCUT2D eigenvalue weighted by atomic mass is 32.1. The molecule has 33 heavy (non-hydrogen) atoms. The van der Waals surface area contributed by atoms with Crippen molar-refractivity contribution in [2.24, 2.45) is 0 Å². The number of aromatic nitrogens is 2. The molecule has 164 valence electrons. The Labute approximate surface area is 195 Å². The number of hydrogen-bond donors (Lipinski definition) is 1. The Morgan fingerprint density at radius 2 is 2.00 bits per heavy atom. The van der Waals surface area contributed by atoms with Gasteiger partial charge in [-0.2, -0.15) is 0 Å². The van der Waals surface area contributed by atoms with Crippen LogP contribution >= 0.6 is 12.2 Å². The Morgan fingerprint density at radius 1 is 1.09 bits per heavy atom.